The highest BCUT2D eigenvalue weighted by Crippen LogP contribution is 2.36. The standard InChI is InChI=1S/C20H23ClFN5O3S/c1-11-6-8-15(22)18(12(11)2)13(3)19(20-23-25-26-27(20)4)24-31(28,29)17-9-7-14(21)10-16(17)30-5/h6-10,13,19,24H,1-5H3/t13-,19+/m1/s1. The number of nitrogens with zero attached hydrogens (tertiary/aromatic N) is 4. The predicted octanol–water partition coefficient (Wildman–Crippen LogP) is 3.45. The minimum absolute atomic E-state index is 0.0837. The summed E-state index contributed by atoms with van der Waals surface area (Å²) in [6.07, 6.45) is 0. The van der Waals surface area contributed by atoms with Crippen molar-refractivity contribution < 1.29 is 17.5 Å². The molecule has 0 bridgehead atoms. The molecule has 0 aliphatic rings. The van der Waals surface area contributed by atoms with Crippen molar-refractivity contribution in [2.75, 3.05) is 7.11 Å². The number of benzene rings is 2. The fraction of sp³-hybridized carbons (Fsp3) is 0.350. The maximum Gasteiger partial charge on any atom is 0.244 e. The van der Waals surface area contributed by atoms with Gasteiger partial charge in [-0.05, 0) is 59.2 Å². The van der Waals surface area contributed by atoms with Crippen LogP contribution in [-0.2, 0) is 17.1 Å². The van der Waals surface area contributed by atoms with Crippen molar-refractivity contribution in [2.45, 2.75) is 37.6 Å². The van der Waals surface area contributed by atoms with Gasteiger partial charge in [0.15, 0.2) is 5.82 Å². The third kappa shape index (κ3) is 4.56. The second-order valence-corrected chi connectivity index (χ2v) is 9.37. The molecule has 8 nitrogen and oxygen atoms in total. The molecule has 0 amide bonds. The van der Waals surface area contributed by atoms with E-state index in [2.05, 4.69) is 20.2 Å². The summed E-state index contributed by atoms with van der Waals surface area (Å²) in [6.45, 7) is 5.39. The number of nitrogens with one attached hydrogen (secondary N) is 1. The number of rotatable bonds is 7. The van der Waals surface area contributed by atoms with Gasteiger partial charge in [-0.25, -0.2) is 17.5 Å². The number of hydrogen-bond acceptors (Lipinski definition) is 6. The van der Waals surface area contributed by atoms with Crippen LogP contribution in [0.2, 0.25) is 5.02 Å². The molecule has 2 aromatic carbocycles. The maximum atomic E-state index is 14.8. The number of ether oxygens (including phenoxy) is 1. The lowest BCUT2D eigenvalue weighted by Gasteiger charge is -2.26. The van der Waals surface area contributed by atoms with E-state index in [1.165, 1.54) is 36.1 Å². The van der Waals surface area contributed by atoms with Gasteiger partial charge in [-0.3, -0.25) is 0 Å². The van der Waals surface area contributed by atoms with Crippen molar-refractivity contribution >= 4 is 21.6 Å². The number of methoxy groups -OCH3 is 1. The first-order valence-corrected chi connectivity index (χ1v) is 11.3. The molecule has 3 aromatic rings. The van der Waals surface area contributed by atoms with Crippen LogP contribution in [0.15, 0.2) is 35.2 Å². The van der Waals surface area contributed by atoms with Crippen LogP contribution in [0.5, 0.6) is 5.75 Å². The Balaban J connectivity index is 2.12. The number of hydrogen-bond donors (Lipinski definition) is 1. The molecule has 1 N–H and O–H groups in total. The van der Waals surface area contributed by atoms with E-state index in [9.17, 15) is 12.8 Å². The topological polar surface area (TPSA) is 99.0 Å². The molecule has 1 aromatic heterocycles. The molecule has 31 heavy (non-hydrogen) atoms. The van der Waals surface area contributed by atoms with Crippen LogP contribution in [0.3, 0.4) is 0 Å². The summed E-state index contributed by atoms with van der Waals surface area (Å²) < 4.78 is 50.6. The molecule has 0 aliphatic heterocycles. The van der Waals surface area contributed by atoms with Gasteiger partial charge in [0.2, 0.25) is 10.0 Å². The largest absolute Gasteiger partial charge is 0.495 e. The fourth-order valence-corrected chi connectivity index (χ4v) is 5.09. The lowest BCUT2D eigenvalue weighted by atomic mass is 9.88. The normalized spacial score (nSPS) is 13.8. The third-order valence-electron chi connectivity index (χ3n) is 5.32. The van der Waals surface area contributed by atoms with Crippen LogP contribution in [-0.4, -0.2) is 35.7 Å². The minimum Gasteiger partial charge on any atom is -0.495 e. The van der Waals surface area contributed by atoms with Crippen LogP contribution < -0.4 is 9.46 Å². The van der Waals surface area contributed by atoms with E-state index in [4.69, 9.17) is 16.3 Å². The first-order chi connectivity index (χ1) is 14.6. The molecular formula is C20H23ClFN5O3S. The smallest absolute Gasteiger partial charge is 0.244 e. The molecular weight excluding hydrogens is 445 g/mol. The van der Waals surface area contributed by atoms with Crippen molar-refractivity contribution in [3.8, 4) is 5.75 Å². The molecule has 0 saturated heterocycles. The number of tetrazole rings is 1. The van der Waals surface area contributed by atoms with Crippen LogP contribution in [0, 0.1) is 19.7 Å². The zero-order chi connectivity index (χ0) is 22.9. The number of aromatic nitrogens is 4. The van der Waals surface area contributed by atoms with Gasteiger partial charge in [-0.1, -0.05) is 24.6 Å². The SMILES string of the molecule is COc1cc(Cl)ccc1S(=O)(=O)N[C@H](c1nnnn1C)[C@H](C)c1c(F)ccc(C)c1C. The maximum absolute atomic E-state index is 14.8. The van der Waals surface area contributed by atoms with E-state index in [0.29, 0.717) is 10.6 Å². The van der Waals surface area contributed by atoms with Gasteiger partial charge in [-0.15, -0.1) is 5.10 Å². The average molecular weight is 468 g/mol. The van der Waals surface area contributed by atoms with Gasteiger partial charge >= 0.3 is 0 Å². The number of sulfonamides is 1. The quantitative estimate of drug-likeness (QED) is 0.571. The highest BCUT2D eigenvalue weighted by Gasteiger charge is 2.34. The molecule has 0 fully saturated rings. The van der Waals surface area contributed by atoms with E-state index in [-0.39, 0.29) is 16.5 Å². The lowest BCUT2D eigenvalue weighted by Crippen LogP contribution is -2.34. The molecule has 1 heterocycles. The van der Waals surface area contributed by atoms with E-state index in [1.807, 2.05) is 6.92 Å². The van der Waals surface area contributed by atoms with Crippen LogP contribution >= 0.6 is 11.6 Å². The van der Waals surface area contributed by atoms with Crippen LogP contribution in [0.1, 0.15) is 41.4 Å². The summed E-state index contributed by atoms with van der Waals surface area (Å²) in [5.41, 5.74) is 2.01. The Morgan fingerprint density at radius 1 is 1.23 bits per heavy atom. The number of aryl methyl sites for hydroxylation is 2. The van der Waals surface area contributed by atoms with Crippen molar-refractivity contribution in [2.24, 2.45) is 7.05 Å². The van der Waals surface area contributed by atoms with E-state index in [1.54, 1.807) is 27.0 Å². The van der Waals surface area contributed by atoms with Gasteiger partial charge < -0.3 is 4.74 Å². The average Bonchev–Trinajstić information content (AvgIpc) is 3.14. The molecule has 3 rings (SSSR count). The van der Waals surface area contributed by atoms with Gasteiger partial charge in [0.1, 0.15) is 16.5 Å². The first-order valence-electron chi connectivity index (χ1n) is 9.40. The van der Waals surface area contributed by atoms with E-state index < -0.39 is 27.8 Å². The monoisotopic (exact) mass is 467 g/mol. The summed E-state index contributed by atoms with van der Waals surface area (Å²) in [4.78, 5) is -0.104. The summed E-state index contributed by atoms with van der Waals surface area (Å²) in [5, 5.41) is 11.7. The molecule has 0 saturated carbocycles. The second kappa shape index (κ2) is 8.89. The Hall–Kier alpha value is -2.56. The molecule has 0 spiro atoms. The van der Waals surface area contributed by atoms with Gasteiger partial charge in [-0.2, -0.15) is 4.72 Å². The number of halogens is 2. The van der Waals surface area contributed by atoms with Gasteiger partial charge in [0.05, 0.1) is 13.2 Å². The fourth-order valence-electron chi connectivity index (χ4n) is 3.50. The molecule has 2 atom stereocenters. The zero-order valence-electron chi connectivity index (χ0n) is 17.7. The highest BCUT2D eigenvalue weighted by molar-refractivity contribution is 7.89. The zero-order valence-corrected chi connectivity index (χ0v) is 19.3. The summed E-state index contributed by atoms with van der Waals surface area (Å²) in [7, 11) is -1.18. The summed E-state index contributed by atoms with van der Waals surface area (Å²) in [5.74, 6) is -0.735. The van der Waals surface area contributed by atoms with Gasteiger partial charge in [0, 0.05) is 24.1 Å². The third-order valence-corrected chi connectivity index (χ3v) is 7.03. The highest BCUT2D eigenvalue weighted by atomic mass is 35.5. The molecule has 11 heteroatoms. The van der Waals surface area contributed by atoms with Crippen LogP contribution in [0.25, 0.3) is 0 Å². The lowest BCUT2D eigenvalue weighted by molar-refractivity contribution is 0.401. The second-order valence-electron chi connectivity index (χ2n) is 7.25. The van der Waals surface area contributed by atoms with Crippen molar-refractivity contribution in [1.29, 1.82) is 0 Å². The molecule has 0 unspecified atom stereocenters. The summed E-state index contributed by atoms with van der Waals surface area (Å²) in [6, 6.07) is 6.30. The Labute approximate surface area is 185 Å². The van der Waals surface area contributed by atoms with Crippen molar-refractivity contribution in [1.82, 2.24) is 24.9 Å². The minimum atomic E-state index is -4.12. The van der Waals surface area contributed by atoms with E-state index >= 15 is 0 Å². The summed E-state index contributed by atoms with van der Waals surface area (Å²) >= 11 is 5.97. The predicted molar refractivity (Wildman–Crippen MR) is 114 cm³/mol. The van der Waals surface area contributed by atoms with Crippen molar-refractivity contribution in [3.63, 3.8) is 0 Å². The Morgan fingerprint density at radius 2 is 1.94 bits per heavy atom. The Bertz CT molecular complexity index is 1220. The van der Waals surface area contributed by atoms with Gasteiger partial charge in [0.25, 0.3) is 0 Å². The van der Waals surface area contributed by atoms with Crippen molar-refractivity contribution in [3.05, 3.63) is 63.7 Å². The molecule has 166 valence electrons. The Morgan fingerprint density at radius 3 is 2.55 bits per heavy atom. The molecule has 0 aliphatic carbocycles. The Kier molecular flexibility index (Phi) is 6.63. The van der Waals surface area contributed by atoms with E-state index in [0.717, 1.165) is 11.1 Å². The first kappa shape index (κ1) is 23.1. The van der Waals surface area contributed by atoms with Crippen LogP contribution in [0.4, 0.5) is 4.39 Å². The molecule has 0 radical (unpaired) electrons.